The van der Waals surface area contributed by atoms with Crippen LogP contribution in [-0.2, 0) is 5.41 Å². The first-order valence-corrected chi connectivity index (χ1v) is 24.5. The summed E-state index contributed by atoms with van der Waals surface area (Å²) in [6, 6.07) is 89.1. The lowest BCUT2D eigenvalue weighted by Crippen LogP contribution is -2.33. The van der Waals surface area contributed by atoms with Crippen molar-refractivity contribution in [3.8, 4) is 44.5 Å². The highest BCUT2D eigenvalue weighted by molar-refractivity contribution is 6.13. The van der Waals surface area contributed by atoms with Gasteiger partial charge in [-0.1, -0.05) is 213 Å². The summed E-state index contributed by atoms with van der Waals surface area (Å²) < 4.78 is 6.69. The minimum Gasteiger partial charge on any atom is -0.456 e. The van der Waals surface area contributed by atoms with Crippen molar-refractivity contribution in [2.24, 2.45) is 5.92 Å². The Morgan fingerprint density at radius 1 is 0.414 bits per heavy atom. The third-order valence-electron chi connectivity index (χ3n) is 15.4. The molecule has 0 N–H and O–H groups in total. The van der Waals surface area contributed by atoms with Gasteiger partial charge >= 0.3 is 0 Å². The van der Waals surface area contributed by atoms with Crippen molar-refractivity contribution in [1.82, 2.24) is 0 Å². The molecular weight excluding hydrogens is 847 g/mol. The number of nitrogens with zero attached hydrogens (tertiary/aromatic N) is 1. The molecule has 0 amide bonds. The van der Waals surface area contributed by atoms with Gasteiger partial charge in [0.15, 0.2) is 0 Å². The van der Waals surface area contributed by atoms with Crippen LogP contribution in [0.2, 0.25) is 0 Å². The van der Waals surface area contributed by atoms with Gasteiger partial charge in [-0.25, -0.2) is 0 Å². The second-order valence-electron chi connectivity index (χ2n) is 19.2. The molecule has 3 atom stereocenters. The molecule has 10 aromatic carbocycles. The van der Waals surface area contributed by atoms with Crippen LogP contribution >= 0.6 is 0 Å². The number of allylic oxidation sites excluding steroid dienone is 4. The van der Waals surface area contributed by atoms with Gasteiger partial charge in [0.25, 0.3) is 0 Å². The van der Waals surface area contributed by atoms with E-state index in [0.29, 0.717) is 0 Å². The lowest BCUT2D eigenvalue weighted by Gasteiger charge is -2.40. The van der Waals surface area contributed by atoms with Crippen molar-refractivity contribution >= 4 is 44.6 Å². The van der Waals surface area contributed by atoms with Crippen molar-refractivity contribution < 1.29 is 4.42 Å². The summed E-state index contributed by atoms with van der Waals surface area (Å²) in [7, 11) is 0. The van der Waals surface area contributed by atoms with Gasteiger partial charge in [-0.15, -0.1) is 0 Å². The fourth-order valence-corrected chi connectivity index (χ4v) is 12.4. The average molecular weight is 894 g/mol. The maximum atomic E-state index is 6.69. The molecule has 1 aromatic heterocycles. The van der Waals surface area contributed by atoms with E-state index in [1.165, 1.54) is 94.2 Å². The van der Waals surface area contributed by atoms with Crippen molar-refractivity contribution in [2.45, 2.75) is 18.3 Å². The normalized spacial score (nSPS) is 17.4. The summed E-state index contributed by atoms with van der Waals surface area (Å²) in [5.74, 6) is 0.330. The highest BCUT2D eigenvalue weighted by Gasteiger charge is 2.56. The van der Waals surface area contributed by atoms with E-state index in [1.807, 2.05) is 0 Å². The molecular formula is C68H47NO. The molecule has 3 aliphatic rings. The number of fused-ring (bicyclic) bond motifs is 13. The minimum atomic E-state index is -0.528. The molecule has 1 spiro atoms. The smallest absolute Gasteiger partial charge is 0.135 e. The molecule has 0 aliphatic heterocycles. The second-order valence-corrected chi connectivity index (χ2v) is 19.2. The molecule has 14 rings (SSSR count). The van der Waals surface area contributed by atoms with Crippen LogP contribution < -0.4 is 4.90 Å². The molecule has 11 aromatic rings. The summed E-state index contributed by atoms with van der Waals surface area (Å²) in [5.41, 5.74) is 23.9. The molecule has 70 heavy (non-hydrogen) atoms. The van der Waals surface area contributed by atoms with Crippen LogP contribution in [0.5, 0.6) is 0 Å². The Labute approximate surface area is 408 Å². The number of furan rings is 1. The van der Waals surface area contributed by atoms with E-state index in [-0.39, 0.29) is 11.8 Å². The van der Waals surface area contributed by atoms with E-state index < -0.39 is 5.41 Å². The molecule has 0 radical (unpaired) electrons. The maximum Gasteiger partial charge on any atom is 0.135 e. The van der Waals surface area contributed by atoms with Crippen molar-refractivity contribution in [3.63, 3.8) is 0 Å². The summed E-state index contributed by atoms with van der Waals surface area (Å²) in [6.45, 7) is 2.41. The molecule has 3 aliphatic carbocycles. The Morgan fingerprint density at radius 2 is 0.957 bits per heavy atom. The SMILES string of the molecule is CC1C=CC2=C(C1c1ccc(N(c3ccc(-c4ccc(-c5ccccc5)cc4)cc3)c3cccc(-c4ccccc4)c3)cc1)C1(c3ccccc32)c2ccccc2-c2ccc3oc4ccccc4c3c21. The largest absolute Gasteiger partial charge is 0.456 e. The van der Waals surface area contributed by atoms with Crippen molar-refractivity contribution in [3.05, 3.63) is 288 Å². The number of benzene rings is 10. The van der Waals surface area contributed by atoms with Gasteiger partial charge in [-0.2, -0.15) is 0 Å². The average Bonchev–Trinajstić information content (AvgIpc) is 4.06. The number of para-hydroxylation sites is 1. The van der Waals surface area contributed by atoms with E-state index >= 15 is 0 Å². The monoisotopic (exact) mass is 893 g/mol. The topological polar surface area (TPSA) is 16.4 Å². The summed E-state index contributed by atoms with van der Waals surface area (Å²) in [4.78, 5) is 2.41. The van der Waals surface area contributed by atoms with Crippen LogP contribution in [-0.4, -0.2) is 0 Å². The fourth-order valence-electron chi connectivity index (χ4n) is 12.4. The molecule has 0 bridgehead atoms. The van der Waals surface area contributed by atoms with Crippen LogP contribution in [0.25, 0.3) is 72.0 Å². The Balaban J connectivity index is 0.910. The quantitative estimate of drug-likeness (QED) is 0.158. The molecule has 3 unspecified atom stereocenters. The molecule has 1 heterocycles. The molecule has 2 heteroatoms. The van der Waals surface area contributed by atoms with Gasteiger partial charge in [0.05, 0.1) is 5.41 Å². The molecule has 0 saturated carbocycles. The van der Waals surface area contributed by atoms with Gasteiger partial charge in [0.1, 0.15) is 11.2 Å². The van der Waals surface area contributed by atoms with E-state index in [4.69, 9.17) is 4.42 Å². The second kappa shape index (κ2) is 15.9. The van der Waals surface area contributed by atoms with Crippen molar-refractivity contribution in [1.29, 1.82) is 0 Å². The third-order valence-corrected chi connectivity index (χ3v) is 15.4. The van der Waals surface area contributed by atoms with E-state index in [9.17, 15) is 0 Å². The van der Waals surface area contributed by atoms with Gasteiger partial charge in [0, 0.05) is 33.8 Å². The first-order chi connectivity index (χ1) is 34.6. The predicted molar refractivity (Wildman–Crippen MR) is 291 cm³/mol. The Hall–Kier alpha value is -8.72. The number of anilines is 3. The standard InChI is InChI=1S/C68H47NO/c1-44-27-40-57-55-21-8-11-24-60(55)68(61-25-12-9-22-56(61)58-41-42-63-65(67(58)68)59-23-10-13-26-62(59)70-63)66(57)64(44)50-34-38-53(39-35-50)69(54-20-14-19-51(43-54)46-17-6-3-7-18-46)52-36-32-49(33-37-52)48-30-28-47(29-31-48)45-15-4-2-5-16-45/h2-44,64H,1H3. The van der Waals surface area contributed by atoms with Crippen LogP contribution in [0.4, 0.5) is 17.1 Å². The van der Waals surface area contributed by atoms with Crippen LogP contribution in [0.1, 0.15) is 40.7 Å². The number of hydrogen-bond acceptors (Lipinski definition) is 2. The fraction of sp³-hybridized carbons (Fsp3) is 0.0588. The summed E-state index contributed by atoms with van der Waals surface area (Å²) in [5, 5.41) is 2.38. The number of hydrogen-bond donors (Lipinski definition) is 0. The van der Waals surface area contributed by atoms with Crippen molar-refractivity contribution in [2.75, 3.05) is 4.90 Å². The van der Waals surface area contributed by atoms with Gasteiger partial charge < -0.3 is 9.32 Å². The maximum absolute atomic E-state index is 6.69. The minimum absolute atomic E-state index is 0.0938. The Bertz CT molecular complexity index is 3880. The lowest BCUT2D eigenvalue weighted by molar-refractivity contribution is 0.554. The zero-order valence-electron chi connectivity index (χ0n) is 38.8. The summed E-state index contributed by atoms with van der Waals surface area (Å²) >= 11 is 0. The molecule has 0 saturated heterocycles. The molecule has 0 fully saturated rings. The highest BCUT2D eigenvalue weighted by Crippen LogP contribution is 2.68. The Morgan fingerprint density at radius 3 is 1.66 bits per heavy atom. The zero-order chi connectivity index (χ0) is 46.3. The third kappa shape index (κ3) is 6.06. The highest BCUT2D eigenvalue weighted by atomic mass is 16.3. The van der Waals surface area contributed by atoms with E-state index in [1.54, 1.807) is 0 Å². The predicted octanol–water partition coefficient (Wildman–Crippen LogP) is 18.1. The zero-order valence-corrected chi connectivity index (χ0v) is 38.8. The van der Waals surface area contributed by atoms with E-state index in [0.717, 1.165) is 28.2 Å². The first kappa shape index (κ1) is 40.4. The van der Waals surface area contributed by atoms with Gasteiger partial charge in [-0.05, 0) is 138 Å². The Kier molecular flexibility index (Phi) is 9.19. The van der Waals surface area contributed by atoms with Gasteiger partial charge in [-0.3, -0.25) is 0 Å². The van der Waals surface area contributed by atoms with Crippen LogP contribution in [0, 0.1) is 5.92 Å². The first-order valence-electron chi connectivity index (χ1n) is 24.5. The van der Waals surface area contributed by atoms with Crippen LogP contribution in [0.3, 0.4) is 0 Å². The molecule has 330 valence electrons. The van der Waals surface area contributed by atoms with Gasteiger partial charge in [0.2, 0.25) is 0 Å². The summed E-state index contributed by atoms with van der Waals surface area (Å²) in [6.07, 6.45) is 4.87. The molecule has 2 nitrogen and oxygen atoms in total. The number of rotatable bonds is 7. The lowest BCUT2D eigenvalue weighted by atomic mass is 9.61. The van der Waals surface area contributed by atoms with Crippen LogP contribution in [0.15, 0.2) is 265 Å². The van der Waals surface area contributed by atoms with E-state index in [2.05, 4.69) is 267 Å².